The minimum atomic E-state index is -0.527. The Labute approximate surface area is 141 Å². The van der Waals surface area contributed by atoms with Gasteiger partial charge in [0.1, 0.15) is 5.69 Å². The van der Waals surface area contributed by atoms with Crippen LogP contribution in [0.2, 0.25) is 5.02 Å². The summed E-state index contributed by atoms with van der Waals surface area (Å²) in [6.45, 7) is 0. The first-order valence-electron chi connectivity index (χ1n) is 6.82. The van der Waals surface area contributed by atoms with Crippen LogP contribution in [0.15, 0.2) is 53.9 Å². The van der Waals surface area contributed by atoms with Gasteiger partial charge in [0.25, 0.3) is 5.69 Å². The average molecular weight is 343 g/mol. The van der Waals surface area contributed by atoms with E-state index in [1.54, 1.807) is 24.5 Å². The van der Waals surface area contributed by atoms with E-state index in [2.05, 4.69) is 25.7 Å². The Morgan fingerprint density at radius 2 is 2.21 bits per heavy atom. The van der Waals surface area contributed by atoms with Crippen LogP contribution < -0.4 is 5.43 Å². The molecule has 0 saturated carbocycles. The molecule has 0 aliphatic rings. The number of nitro groups is 1. The molecule has 0 radical (unpaired) electrons. The van der Waals surface area contributed by atoms with Crippen molar-refractivity contribution in [2.24, 2.45) is 5.10 Å². The number of nitrogens with one attached hydrogen (secondary N) is 2. The maximum atomic E-state index is 11.0. The third kappa shape index (κ3) is 3.55. The predicted molar refractivity (Wildman–Crippen MR) is 91.1 cm³/mol. The number of nitro benzene ring substituents is 1. The van der Waals surface area contributed by atoms with E-state index in [9.17, 15) is 10.1 Å². The number of rotatable bonds is 5. The van der Waals surface area contributed by atoms with E-state index < -0.39 is 4.92 Å². The zero-order valence-electron chi connectivity index (χ0n) is 12.2. The van der Waals surface area contributed by atoms with Gasteiger partial charge in [-0.25, -0.2) is 0 Å². The fourth-order valence-corrected chi connectivity index (χ4v) is 2.15. The molecule has 1 aromatic carbocycles. The van der Waals surface area contributed by atoms with Gasteiger partial charge >= 0.3 is 0 Å². The van der Waals surface area contributed by atoms with Crippen molar-refractivity contribution < 1.29 is 4.92 Å². The highest BCUT2D eigenvalue weighted by Gasteiger charge is 2.13. The van der Waals surface area contributed by atoms with E-state index in [1.165, 1.54) is 18.3 Å². The van der Waals surface area contributed by atoms with Crippen molar-refractivity contribution in [3.05, 3.63) is 69.6 Å². The molecule has 0 aliphatic carbocycles. The number of aromatic nitrogens is 3. The summed E-state index contributed by atoms with van der Waals surface area (Å²) in [7, 11) is 0. The van der Waals surface area contributed by atoms with Gasteiger partial charge in [-0.15, -0.1) is 0 Å². The zero-order chi connectivity index (χ0) is 16.9. The van der Waals surface area contributed by atoms with Gasteiger partial charge in [0.05, 0.1) is 22.5 Å². The molecule has 120 valence electrons. The summed E-state index contributed by atoms with van der Waals surface area (Å²) in [6.07, 6.45) is 4.86. The average Bonchev–Trinajstić information content (AvgIpc) is 3.06. The van der Waals surface area contributed by atoms with E-state index in [0.717, 1.165) is 11.3 Å². The van der Waals surface area contributed by atoms with Crippen molar-refractivity contribution in [3.8, 4) is 11.3 Å². The zero-order valence-corrected chi connectivity index (χ0v) is 12.9. The smallest absolute Gasteiger partial charge is 0.276 e. The molecule has 3 rings (SSSR count). The summed E-state index contributed by atoms with van der Waals surface area (Å²) in [5, 5.41) is 22.2. The van der Waals surface area contributed by atoms with Crippen LogP contribution in [0.5, 0.6) is 0 Å². The normalized spacial score (nSPS) is 10.9. The molecular formula is C15H11ClN6O2. The molecule has 24 heavy (non-hydrogen) atoms. The Kier molecular flexibility index (Phi) is 4.48. The summed E-state index contributed by atoms with van der Waals surface area (Å²) in [5.74, 6) is 0. The number of nitrogens with zero attached hydrogens (tertiary/aromatic N) is 4. The van der Waals surface area contributed by atoms with Gasteiger partial charge in [-0.3, -0.25) is 25.6 Å². The van der Waals surface area contributed by atoms with Crippen molar-refractivity contribution in [1.29, 1.82) is 0 Å². The van der Waals surface area contributed by atoms with E-state index in [0.29, 0.717) is 5.69 Å². The largest absolute Gasteiger partial charge is 0.295 e. The number of hydrogen-bond donors (Lipinski definition) is 2. The summed E-state index contributed by atoms with van der Waals surface area (Å²) in [5.41, 5.74) is 4.95. The molecule has 2 N–H and O–H groups in total. The summed E-state index contributed by atoms with van der Waals surface area (Å²) in [6, 6.07) is 9.79. The highest BCUT2D eigenvalue weighted by molar-refractivity contribution is 6.30. The summed E-state index contributed by atoms with van der Waals surface area (Å²) < 4.78 is 0. The fraction of sp³-hybridized carbons (Fsp3) is 0. The molecule has 0 amide bonds. The highest BCUT2D eigenvalue weighted by atomic mass is 35.5. The number of pyridine rings is 1. The van der Waals surface area contributed by atoms with Crippen LogP contribution in [0.4, 0.5) is 11.4 Å². The van der Waals surface area contributed by atoms with Crippen molar-refractivity contribution in [3.63, 3.8) is 0 Å². The molecule has 2 heterocycles. The SMILES string of the molecule is O=[N+]([O-])c1cc(Cl)ccc1N/N=C/c1cc(-c2cccnc2)n[nH]1. The molecular weight excluding hydrogens is 332 g/mol. The number of benzene rings is 1. The van der Waals surface area contributed by atoms with Gasteiger partial charge < -0.3 is 0 Å². The molecule has 3 aromatic rings. The number of anilines is 1. The maximum absolute atomic E-state index is 11.0. The van der Waals surface area contributed by atoms with Crippen LogP contribution >= 0.6 is 11.6 Å². The van der Waals surface area contributed by atoms with Gasteiger partial charge in [0, 0.05) is 29.0 Å². The monoisotopic (exact) mass is 342 g/mol. The first kappa shape index (κ1) is 15.6. The molecule has 0 aliphatic heterocycles. The summed E-state index contributed by atoms with van der Waals surface area (Å²) in [4.78, 5) is 14.5. The molecule has 0 fully saturated rings. The first-order valence-corrected chi connectivity index (χ1v) is 7.20. The second-order valence-corrected chi connectivity index (χ2v) is 5.18. The molecule has 9 heteroatoms. The molecule has 0 unspecified atom stereocenters. The lowest BCUT2D eigenvalue weighted by molar-refractivity contribution is -0.383. The van der Waals surface area contributed by atoms with Crippen LogP contribution in [-0.4, -0.2) is 26.3 Å². The molecule has 2 aromatic heterocycles. The molecule has 0 spiro atoms. The first-order chi connectivity index (χ1) is 11.6. The quantitative estimate of drug-likeness (QED) is 0.419. The Morgan fingerprint density at radius 3 is 2.96 bits per heavy atom. The number of hydrazone groups is 1. The van der Waals surface area contributed by atoms with Crippen molar-refractivity contribution >= 4 is 29.2 Å². The van der Waals surface area contributed by atoms with Gasteiger partial charge in [-0.05, 0) is 30.3 Å². The molecule has 0 saturated heterocycles. The minimum absolute atomic E-state index is 0.152. The lowest BCUT2D eigenvalue weighted by Crippen LogP contribution is -1.97. The standard InChI is InChI=1S/C15H11ClN6O2/c16-11-3-4-13(15(6-11)22(23)24)20-18-9-12-7-14(21-19-12)10-2-1-5-17-8-10/h1-9,20H,(H,19,21)/b18-9+. The van der Waals surface area contributed by atoms with E-state index >= 15 is 0 Å². The van der Waals surface area contributed by atoms with Crippen LogP contribution in [-0.2, 0) is 0 Å². The van der Waals surface area contributed by atoms with Crippen LogP contribution in [0.3, 0.4) is 0 Å². The maximum Gasteiger partial charge on any atom is 0.295 e. The van der Waals surface area contributed by atoms with E-state index in [4.69, 9.17) is 11.6 Å². The molecule has 0 atom stereocenters. The van der Waals surface area contributed by atoms with Gasteiger partial charge in [0.15, 0.2) is 0 Å². The Hall–Kier alpha value is -3.26. The van der Waals surface area contributed by atoms with Crippen LogP contribution in [0.1, 0.15) is 5.69 Å². The van der Waals surface area contributed by atoms with Gasteiger partial charge in [-0.1, -0.05) is 11.6 Å². The van der Waals surface area contributed by atoms with E-state index in [-0.39, 0.29) is 16.4 Å². The second kappa shape index (κ2) is 6.88. The number of H-pyrrole nitrogens is 1. The van der Waals surface area contributed by atoms with Crippen molar-refractivity contribution in [2.45, 2.75) is 0 Å². The lowest BCUT2D eigenvalue weighted by atomic mass is 10.2. The topological polar surface area (TPSA) is 109 Å². The molecule has 0 bridgehead atoms. The van der Waals surface area contributed by atoms with Crippen LogP contribution in [0, 0.1) is 10.1 Å². The second-order valence-electron chi connectivity index (χ2n) is 4.74. The lowest BCUT2D eigenvalue weighted by Gasteiger charge is -2.01. The summed E-state index contributed by atoms with van der Waals surface area (Å²) >= 11 is 5.76. The predicted octanol–water partition coefficient (Wildman–Crippen LogP) is 3.48. The Balaban J connectivity index is 1.74. The fourth-order valence-electron chi connectivity index (χ4n) is 1.99. The Bertz CT molecular complexity index is 894. The highest BCUT2D eigenvalue weighted by Crippen LogP contribution is 2.27. The van der Waals surface area contributed by atoms with E-state index in [1.807, 2.05) is 12.1 Å². The van der Waals surface area contributed by atoms with Gasteiger partial charge in [-0.2, -0.15) is 10.2 Å². The van der Waals surface area contributed by atoms with Gasteiger partial charge in [0.2, 0.25) is 0 Å². The number of halogens is 1. The van der Waals surface area contributed by atoms with Crippen LogP contribution in [0.25, 0.3) is 11.3 Å². The van der Waals surface area contributed by atoms with Crippen molar-refractivity contribution in [1.82, 2.24) is 15.2 Å². The number of aromatic amines is 1. The Morgan fingerprint density at radius 1 is 1.33 bits per heavy atom. The molecule has 8 nitrogen and oxygen atoms in total. The number of hydrogen-bond acceptors (Lipinski definition) is 6. The third-order valence-corrected chi connectivity index (χ3v) is 3.34. The third-order valence-electron chi connectivity index (χ3n) is 3.10. The minimum Gasteiger partial charge on any atom is -0.276 e. The van der Waals surface area contributed by atoms with Crippen molar-refractivity contribution in [2.75, 3.05) is 5.43 Å².